The number of hydrogen-bond donors (Lipinski definition) is 1. The minimum atomic E-state index is -0.337. The average molecular weight is 265 g/mol. The maximum Gasteiger partial charge on any atom is 0.262 e. The molecule has 6 nitrogen and oxygen atoms in total. The molecule has 0 saturated carbocycles. The molecule has 2 aromatic heterocycles. The van der Waals surface area contributed by atoms with Crippen molar-refractivity contribution in [3.63, 3.8) is 0 Å². The lowest BCUT2D eigenvalue weighted by Gasteiger charge is -1.99. The number of anilines is 1. The zero-order valence-electron chi connectivity index (χ0n) is 10.1. The summed E-state index contributed by atoms with van der Waals surface area (Å²) in [7, 11) is 0. The van der Waals surface area contributed by atoms with Crippen LogP contribution in [0.15, 0.2) is 9.90 Å². The molecule has 0 aliphatic heterocycles. The quantitative estimate of drug-likeness (QED) is 0.860. The number of rotatable bonds is 3. The molecule has 0 aliphatic rings. The first-order valence-electron chi connectivity index (χ1n) is 5.19. The highest BCUT2D eigenvalue weighted by Gasteiger charge is 2.18. The van der Waals surface area contributed by atoms with Gasteiger partial charge in [0.2, 0.25) is 0 Å². The molecule has 2 rings (SSSR count). The predicted molar refractivity (Wildman–Crippen MR) is 66.0 cm³/mol. The number of nitrogens with zero attached hydrogens (tertiary/aromatic N) is 2. The monoisotopic (exact) mass is 265 g/mol. The minimum absolute atomic E-state index is 0.135. The Morgan fingerprint density at radius 1 is 1.39 bits per heavy atom. The van der Waals surface area contributed by atoms with E-state index in [0.717, 1.165) is 0 Å². The summed E-state index contributed by atoms with van der Waals surface area (Å²) >= 11 is 1.20. The van der Waals surface area contributed by atoms with Crippen LogP contribution in [0, 0.1) is 13.8 Å². The van der Waals surface area contributed by atoms with Crippen LogP contribution >= 0.6 is 11.3 Å². The first-order valence-corrected chi connectivity index (χ1v) is 6.07. The van der Waals surface area contributed by atoms with Gasteiger partial charge in [0.05, 0.1) is 5.69 Å². The molecule has 0 bridgehead atoms. The fraction of sp³-hybridized carbons (Fsp3) is 0.273. The maximum atomic E-state index is 12.0. The fourth-order valence-electron chi connectivity index (χ4n) is 1.46. The predicted octanol–water partition coefficient (Wildman–Crippen LogP) is 2.20. The van der Waals surface area contributed by atoms with Gasteiger partial charge in [0, 0.05) is 12.3 Å². The zero-order chi connectivity index (χ0) is 13.3. The van der Waals surface area contributed by atoms with Crippen LogP contribution in [0.4, 0.5) is 5.13 Å². The second kappa shape index (κ2) is 4.69. The zero-order valence-corrected chi connectivity index (χ0v) is 10.9. The van der Waals surface area contributed by atoms with Gasteiger partial charge in [-0.05, 0) is 13.8 Å². The molecule has 0 fully saturated rings. The van der Waals surface area contributed by atoms with Crippen molar-refractivity contribution in [1.82, 2.24) is 10.1 Å². The molecule has 7 heteroatoms. The first-order chi connectivity index (χ1) is 8.49. The molecule has 0 saturated heterocycles. The molecule has 1 N–H and O–H groups in total. The van der Waals surface area contributed by atoms with Gasteiger partial charge in [-0.2, -0.15) is 0 Å². The summed E-state index contributed by atoms with van der Waals surface area (Å²) in [5.74, 6) is -0.0202. The van der Waals surface area contributed by atoms with Gasteiger partial charge in [-0.3, -0.25) is 14.9 Å². The summed E-state index contributed by atoms with van der Waals surface area (Å²) < 4.78 is 4.92. The van der Waals surface area contributed by atoms with E-state index in [1.807, 2.05) is 0 Å². The van der Waals surface area contributed by atoms with E-state index in [0.29, 0.717) is 27.8 Å². The number of nitrogens with one attached hydrogen (secondary N) is 1. The van der Waals surface area contributed by atoms with Gasteiger partial charge in [-0.15, -0.1) is 11.3 Å². The summed E-state index contributed by atoms with van der Waals surface area (Å²) in [5.41, 5.74) is 1.26. The van der Waals surface area contributed by atoms with Crippen molar-refractivity contribution in [2.45, 2.75) is 20.8 Å². The first kappa shape index (κ1) is 12.4. The van der Waals surface area contributed by atoms with E-state index in [-0.39, 0.29) is 11.7 Å². The molecular formula is C11H11N3O3S. The van der Waals surface area contributed by atoms with E-state index in [1.165, 1.54) is 18.3 Å². The van der Waals surface area contributed by atoms with Crippen LogP contribution in [0.1, 0.15) is 39.2 Å². The fourth-order valence-corrected chi connectivity index (χ4v) is 2.20. The van der Waals surface area contributed by atoms with Gasteiger partial charge in [0.1, 0.15) is 17.0 Å². The average Bonchev–Trinajstić information content (AvgIpc) is 2.86. The molecule has 0 radical (unpaired) electrons. The number of aromatic nitrogens is 2. The normalized spacial score (nSPS) is 10.4. The molecule has 2 aromatic rings. The van der Waals surface area contributed by atoms with Crippen LogP contribution in [0.25, 0.3) is 0 Å². The SMILES string of the molecule is CC(=O)c1csc(NC(=O)c2c(C)noc2C)n1. The summed E-state index contributed by atoms with van der Waals surface area (Å²) in [6, 6.07) is 0. The van der Waals surface area contributed by atoms with Crippen molar-refractivity contribution in [3.05, 3.63) is 28.1 Å². The van der Waals surface area contributed by atoms with Crippen LogP contribution < -0.4 is 5.32 Å². The van der Waals surface area contributed by atoms with E-state index >= 15 is 0 Å². The van der Waals surface area contributed by atoms with Crippen LogP contribution in [-0.4, -0.2) is 21.8 Å². The second-order valence-corrected chi connectivity index (χ2v) is 4.61. The summed E-state index contributed by atoms with van der Waals surface area (Å²) in [4.78, 5) is 27.1. The second-order valence-electron chi connectivity index (χ2n) is 3.75. The van der Waals surface area contributed by atoms with Crippen molar-refractivity contribution >= 4 is 28.2 Å². The number of aryl methyl sites for hydroxylation is 2. The van der Waals surface area contributed by atoms with Gasteiger partial charge in [0.15, 0.2) is 10.9 Å². The lowest BCUT2D eigenvalue weighted by atomic mass is 10.2. The number of ketones is 1. The third-order valence-corrected chi connectivity index (χ3v) is 3.10. The van der Waals surface area contributed by atoms with Crippen molar-refractivity contribution in [2.24, 2.45) is 0 Å². The van der Waals surface area contributed by atoms with Crippen LogP contribution in [0.5, 0.6) is 0 Å². The van der Waals surface area contributed by atoms with Gasteiger partial charge >= 0.3 is 0 Å². The standard InChI is InChI=1S/C11H11N3O3S/c1-5-9(7(3)17-14-5)10(16)13-11-12-8(4-18-11)6(2)15/h4H,1-3H3,(H,12,13,16). The van der Waals surface area contributed by atoms with E-state index in [1.54, 1.807) is 19.2 Å². The Morgan fingerprint density at radius 3 is 2.61 bits per heavy atom. The number of carbonyl (C=O) groups is 2. The molecule has 94 valence electrons. The van der Waals surface area contributed by atoms with E-state index < -0.39 is 0 Å². The number of thiazole rings is 1. The van der Waals surface area contributed by atoms with Gasteiger partial charge < -0.3 is 4.52 Å². The highest BCUT2D eigenvalue weighted by Crippen LogP contribution is 2.19. The van der Waals surface area contributed by atoms with Crippen molar-refractivity contribution in [1.29, 1.82) is 0 Å². The van der Waals surface area contributed by atoms with Crippen molar-refractivity contribution in [3.8, 4) is 0 Å². The molecule has 18 heavy (non-hydrogen) atoms. The summed E-state index contributed by atoms with van der Waals surface area (Å²) in [6.07, 6.45) is 0. The number of hydrogen-bond acceptors (Lipinski definition) is 6. The van der Waals surface area contributed by atoms with E-state index in [2.05, 4.69) is 15.5 Å². The minimum Gasteiger partial charge on any atom is -0.361 e. The van der Waals surface area contributed by atoms with Crippen molar-refractivity contribution in [2.75, 3.05) is 5.32 Å². The van der Waals surface area contributed by atoms with E-state index in [4.69, 9.17) is 4.52 Å². The number of Topliss-reactive ketones (excluding diaryl/α,β-unsaturated/α-hetero) is 1. The van der Waals surface area contributed by atoms with Gasteiger partial charge in [-0.25, -0.2) is 4.98 Å². The molecule has 1 amide bonds. The Labute approximate surface area is 107 Å². The Hall–Kier alpha value is -2.02. The molecule has 0 unspecified atom stereocenters. The highest BCUT2D eigenvalue weighted by atomic mass is 32.1. The van der Waals surface area contributed by atoms with Crippen LogP contribution in [0.3, 0.4) is 0 Å². The lowest BCUT2D eigenvalue weighted by molar-refractivity contribution is 0.100. The Kier molecular flexibility index (Phi) is 3.24. The Bertz CT molecular complexity index is 595. The largest absolute Gasteiger partial charge is 0.361 e. The van der Waals surface area contributed by atoms with E-state index in [9.17, 15) is 9.59 Å². The Morgan fingerprint density at radius 2 is 2.11 bits per heavy atom. The Balaban J connectivity index is 2.19. The van der Waals surface area contributed by atoms with Gasteiger partial charge in [-0.1, -0.05) is 5.16 Å². The summed E-state index contributed by atoms with van der Waals surface area (Å²) in [6.45, 7) is 4.78. The molecule has 0 aromatic carbocycles. The number of amides is 1. The lowest BCUT2D eigenvalue weighted by Crippen LogP contribution is -2.13. The van der Waals surface area contributed by atoms with Gasteiger partial charge in [0.25, 0.3) is 5.91 Å². The molecular weight excluding hydrogens is 254 g/mol. The topological polar surface area (TPSA) is 85.1 Å². The van der Waals surface area contributed by atoms with Crippen LogP contribution in [0.2, 0.25) is 0 Å². The molecule has 0 atom stereocenters. The molecule has 2 heterocycles. The third kappa shape index (κ3) is 2.30. The molecule has 0 spiro atoms. The smallest absolute Gasteiger partial charge is 0.262 e. The maximum absolute atomic E-state index is 12.0. The third-order valence-electron chi connectivity index (χ3n) is 2.35. The number of carbonyl (C=O) groups excluding carboxylic acids is 2. The molecule has 0 aliphatic carbocycles. The highest BCUT2D eigenvalue weighted by molar-refractivity contribution is 7.14. The summed E-state index contributed by atoms with van der Waals surface area (Å²) in [5, 5.41) is 8.31. The van der Waals surface area contributed by atoms with Crippen LogP contribution in [-0.2, 0) is 0 Å². The van der Waals surface area contributed by atoms with Crippen molar-refractivity contribution < 1.29 is 14.1 Å².